The molecule has 1 aromatic carbocycles. The van der Waals surface area contributed by atoms with Gasteiger partial charge in [0.25, 0.3) is 0 Å². The third kappa shape index (κ3) is 6.73. The molecule has 0 radical (unpaired) electrons. The predicted octanol–water partition coefficient (Wildman–Crippen LogP) is 7.98. The molecule has 2 nitrogen and oxygen atoms in total. The van der Waals surface area contributed by atoms with Gasteiger partial charge < -0.3 is 0 Å². The molecule has 0 aromatic heterocycles. The Hall–Kier alpha value is -0.540. The predicted molar refractivity (Wildman–Crippen MR) is 131 cm³/mol. The molecule has 4 heteroatoms. The molecule has 1 aliphatic rings. The second kappa shape index (κ2) is 10.9. The molecule has 0 saturated heterocycles. The topological polar surface area (TPSA) is 34.1 Å². The summed E-state index contributed by atoms with van der Waals surface area (Å²) >= 11 is 6.15. The van der Waals surface area contributed by atoms with Crippen LogP contribution in [0.25, 0.3) is 0 Å². The third-order valence-corrected chi connectivity index (χ3v) is 10.0. The summed E-state index contributed by atoms with van der Waals surface area (Å²) in [5.74, 6) is 1.77. The zero-order chi connectivity index (χ0) is 22.4. The fourth-order valence-electron chi connectivity index (χ4n) is 4.98. The van der Waals surface area contributed by atoms with E-state index in [1.165, 1.54) is 50.5 Å². The van der Waals surface area contributed by atoms with Crippen molar-refractivity contribution in [2.75, 3.05) is 5.75 Å². The van der Waals surface area contributed by atoms with Crippen molar-refractivity contribution in [3.05, 3.63) is 34.9 Å². The molecule has 1 aromatic rings. The first-order valence-electron chi connectivity index (χ1n) is 12.0. The van der Waals surface area contributed by atoms with E-state index in [0.29, 0.717) is 17.1 Å². The summed E-state index contributed by atoms with van der Waals surface area (Å²) in [5.41, 5.74) is 1.83. The van der Waals surface area contributed by atoms with E-state index in [-0.39, 0.29) is 0 Å². The lowest BCUT2D eigenvalue weighted by atomic mass is 9.55. The number of rotatable bonds is 12. The molecule has 0 heterocycles. The Morgan fingerprint density at radius 3 is 2.03 bits per heavy atom. The summed E-state index contributed by atoms with van der Waals surface area (Å²) in [5, 5.41) is 0.821. The minimum Gasteiger partial charge on any atom is -0.228 e. The van der Waals surface area contributed by atoms with Gasteiger partial charge in [0, 0.05) is 5.02 Å². The lowest BCUT2D eigenvalue weighted by Gasteiger charge is -2.49. The van der Waals surface area contributed by atoms with E-state index in [4.69, 9.17) is 11.6 Å². The number of unbranched alkanes of at least 4 members (excludes halogenated alkanes) is 4. The van der Waals surface area contributed by atoms with Crippen molar-refractivity contribution in [1.29, 1.82) is 0 Å². The largest absolute Gasteiger partial charge is 0.228 e. The number of hydrogen-bond donors (Lipinski definition) is 0. The van der Waals surface area contributed by atoms with Crippen LogP contribution in [-0.4, -0.2) is 18.9 Å². The minimum atomic E-state index is -2.98. The number of hydrogen-bond acceptors (Lipinski definition) is 2. The van der Waals surface area contributed by atoms with Gasteiger partial charge in [0.15, 0.2) is 9.84 Å². The Labute approximate surface area is 191 Å². The quantitative estimate of drug-likeness (QED) is 0.300. The van der Waals surface area contributed by atoms with E-state index in [2.05, 4.69) is 38.1 Å². The zero-order valence-electron chi connectivity index (χ0n) is 19.8. The maximum Gasteiger partial charge on any atom is 0.155 e. The van der Waals surface area contributed by atoms with Gasteiger partial charge in [-0.2, -0.15) is 0 Å². The lowest BCUT2D eigenvalue weighted by Crippen LogP contribution is -2.42. The first-order chi connectivity index (χ1) is 14.0. The van der Waals surface area contributed by atoms with Gasteiger partial charge in [0.2, 0.25) is 0 Å². The van der Waals surface area contributed by atoms with Gasteiger partial charge in [-0.1, -0.05) is 69.7 Å². The van der Waals surface area contributed by atoms with Crippen LogP contribution < -0.4 is 0 Å². The van der Waals surface area contributed by atoms with Crippen LogP contribution in [0.3, 0.4) is 0 Å². The highest BCUT2D eigenvalue weighted by Gasteiger charge is 2.44. The van der Waals surface area contributed by atoms with Crippen LogP contribution in [-0.2, 0) is 15.3 Å². The Morgan fingerprint density at radius 1 is 0.967 bits per heavy atom. The van der Waals surface area contributed by atoms with Crippen molar-refractivity contribution in [2.24, 2.45) is 11.8 Å². The molecule has 2 rings (SSSR count). The Balaban J connectivity index is 1.85. The molecule has 0 spiro atoms. The number of halogens is 1. The Bertz CT molecular complexity index is 740. The average molecular weight is 455 g/mol. The molecule has 1 aliphatic carbocycles. The third-order valence-electron chi connectivity index (χ3n) is 7.10. The SMILES string of the molecule is CC(C)CC(CCCCCCCS(=O)(=O)C(C)(C)C)C1(c2ccc(Cl)cc2)CCC1. The standard InChI is InChI=1S/C26H43ClO2S/c1-21(2)20-23(26(17-11-18-26)22-13-15-24(27)16-14-22)12-9-7-6-8-10-19-30(28,29)25(3,4)5/h13-16,21,23H,6-12,17-20H2,1-5H3. The van der Waals surface area contributed by atoms with Crippen LogP contribution in [0.2, 0.25) is 5.02 Å². The van der Waals surface area contributed by atoms with E-state index in [9.17, 15) is 8.42 Å². The molecule has 1 atom stereocenters. The van der Waals surface area contributed by atoms with E-state index in [0.717, 1.165) is 30.2 Å². The van der Waals surface area contributed by atoms with Crippen molar-refractivity contribution in [3.63, 3.8) is 0 Å². The second-order valence-electron chi connectivity index (χ2n) is 10.8. The normalized spacial score (nSPS) is 17.7. The molecule has 0 bridgehead atoms. The summed E-state index contributed by atoms with van der Waals surface area (Å²) in [6.45, 7) is 10.1. The number of sulfone groups is 1. The van der Waals surface area contributed by atoms with Crippen LogP contribution in [0.4, 0.5) is 0 Å². The molecule has 172 valence electrons. The first-order valence-corrected chi connectivity index (χ1v) is 14.0. The summed E-state index contributed by atoms with van der Waals surface area (Å²) in [7, 11) is -2.98. The van der Waals surface area contributed by atoms with Crippen LogP contribution in [0.1, 0.15) is 104 Å². The lowest BCUT2D eigenvalue weighted by molar-refractivity contribution is 0.115. The highest BCUT2D eigenvalue weighted by molar-refractivity contribution is 7.92. The summed E-state index contributed by atoms with van der Waals surface area (Å²) in [4.78, 5) is 0. The van der Waals surface area contributed by atoms with Gasteiger partial charge in [0.1, 0.15) is 0 Å². The molecule has 1 unspecified atom stereocenters. The monoisotopic (exact) mass is 454 g/mol. The van der Waals surface area contributed by atoms with Gasteiger partial charge in [0.05, 0.1) is 10.5 Å². The Morgan fingerprint density at radius 2 is 1.53 bits per heavy atom. The number of benzene rings is 1. The second-order valence-corrected chi connectivity index (χ2v) is 14.1. The van der Waals surface area contributed by atoms with Crippen LogP contribution >= 0.6 is 11.6 Å². The molecule has 1 saturated carbocycles. The van der Waals surface area contributed by atoms with E-state index in [1.807, 2.05) is 0 Å². The first kappa shape index (κ1) is 25.7. The maximum absolute atomic E-state index is 12.2. The van der Waals surface area contributed by atoms with Crippen molar-refractivity contribution >= 4 is 21.4 Å². The van der Waals surface area contributed by atoms with Gasteiger partial charge in [-0.25, -0.2) is 8.42 Å². The van der Waals surface area contributed by atoms with Crippen LogP contribution in [0.15, 0.2) is 24.3 Å². The molecule has 30 heavy (non-hydrogen) atoms. The van der Waals surface area contributed by atoms with Gasteiger partial charge in [-0.15, -0.1) is 0 Å². The van der Waals surface area contributed by atoms with Crippen LogP contribution in [0, 0.1) is 11.8 Å². The molecule has 0 aliphatic heterocycles. The van der Waals surface area contributed by atoms with E-state index < -0.39 is 14.6 Å². The van der Waals surface area contributed by atoms with E-state index in [1.54, 1.807) is 20.8 Å². The smallest absolute Gasteiger partial charge is 0.155 e. The molecule has 0 N–H and O–H groups in total. The highest BCUT2D eigenvalue weighted by atomic mass is 35.5. The minimum absolute atomic E-state index is 0.326. The van der Waals surface area contributed by atoms with Gasteiger partial charge in [-0.05, 0) is 87.8 Å². The highest BCUT2D eigenvalue weighted by Crippen LogP contribution is 2.53. The zero-order valence-corrected chi connectivity index (χ0v) is 21.4. The summed E-state index contributed by atoms with van der Waals surface area (Å²) < 4.78 is 23.8. The molecular formula is C26H43ClO2S. The van der Waals surface area contributed by atoms with Crippen LogP contribution in [0.5, 0.6) is 0 Å². The summed E-state index contributed by atoms with van der Waals surface area (Å²) in [6.07, 6.45) is 11.9. The van der Waals surface area contributed by atoms with Gasteiger partial charge >= 0.3 is 0 Å². The average Bonchev–Trinajstić information content (AvgIpc) is 2.59. The maximum atomic E-state index is 12.2. The molecule has 0 amide bonds. The fraction of sp³-hybridized carbons (Fsp3) is 0.769. The van der Waals surface area contributed by atoms with E-state index >= 15 is 0 Å². The van der Waals surface area contributed by atoms with Crippen molar-refractivity contribution in [1.82, 2.24) is 0 Å². The van der Waals surface area contributed by atoms with Gasteiger partial charge in [-0.3, -0.25) is 0 Å². The fourth-order valence-corrected chi connectivity index (χ4v) is 6.30. The Kier molecular flexibility index (Phi) is 9.31. The molecule has 1 fully saturated rings. The van der Waals surface area contributed by atoms with Crippen molar-refractivity contribution < 1.29 is 8.42 Å². The molecular weight excluding hydrogens is 412 g/mol. The summed E-state index contributed by atoms with van der Waals surface area (Å²) in [6, 6.07) is 8.61. The van der Waals surface area contributed by atoms with Crippen molar-refractivity contribution in [3.8, 4) is 0 Å². The van der Waals surface area contributed by atoms with Crippen molar-refractivity contribution in [2.45, 2.75) is 109 Å².